The highest BCUT2D eigenvalue weighted by Gasteiger charge is 2.07. The van der Waals surface area contributed by atoms with E-state index >= 15 is 0 Å². The van der Waals surface area contributed by atoms with Crippen molar-refractivity contribution in [3.8, 4) is 5.75 Å². The van der Waals surface area contributed by atoms with Gasteiger partial charge in [-0.3, -0.25) is 0 Å². The minimum Gasteiger partial charge on any atom is -0.491 e. The maximum atomic E-state index is 9.80. The van der Waals surface area contributed by atoms with Crippen LogP contribution in [0, 0.1) is 0 Å². The quantitative estimate of drug-likeness (QED) is 0.632. The van der Waals surface area contributed by atoms with Crippen molar-refractivity contribution in [2.24, 2.45) is 0 Å². The standard InChI is InChI=1S/C15H25NO3/c1-3-13-5-4-6-15(9-13)19-11-14(18)10-16-12(2)7-8-17/h4-6,9,12,14,16-18H,3,7-8,10-11H2,1-2H3. The van der Waals surface area contributed by atoms with Gasteiger partial charge in [-0.05, 0) is 37.5 Å². The van der Waals surface area contributed by atoms with Crippen molar-refractivity contribution in [1.29, 1.82) is 0 Å². The van der Waals surface area contributed by atoms with Gasteiger partial charge in [0.15, 0.2) is 0 Å². The Morgan fingerprint density at radius 2 is 2.16 bits per heavy atom. The lowest BCUT2D eigenvalue weighted by atomic mass is 10.2. The van der Waals surface area contributed by atoms with Crippen LogP contribution >= 0.6 is 0 Å². The fourth-order valence-electron chi connectivity index (χ4n) is 1.74. The van der Waals surface area contributed by atoms with Gasteiger partial charge in [-0.25, -0.2) is 0 Å². The third kappa shape index (κ3) is 6.57. The summed E-state index contributed by atoms with van der Waals surface area (Å²) in [5, 5.41) is 21.7. The van der Waals surface area contributed by atoms with E-state index < -0.39 is 6.10 Å². The fraction of sp³-hybridized carbons (Fsp3) is 0.600. The highest BCUT2D eigenvalue weighted by molar-refractivity contribution is 5.28. The van der Waals surface area contributed by atoms with Crippen LogP contribution in [0.15, 0.2) is 24.3 Å². The van der Waals surface area contributed by atoms with Gasteiger partial charge < -0.3 is 20.3 Å². The summed E-state index contributed by atoms with van der Waals surface area (Å²) in [5.41, 5.74) is 1.22. The Morgan fingerprint density at radius 3 is 2.84 bits per heavy atom. The van der Waals surface area contributed by atoms with Crippen LogP contribution in [-0.2, 0) is 6.42 Å². The smallest absolute Gasteiger partial charge is 0.119 e. The van der Waals surface area contributed by atoms with Crippen molar-refractivity contribution >= 4 is 0 Å². The molecular formula is C15H25NO3. The predicted molar refractivity (Wildman–Crippen MR) is 76.5 cm³/mol. The van der Waals surface area contributed by atoms with Crippen molar-refractivity contribution in [2.45, 2.75) is 38.8 Å². The largest absolute Gasteiger partial charge is 0.491 e. The number of benzene rings is 1. The number of nitrogens with one attached hydrogen (secondary N) is 1. The summed E-state index contributed by atoms with van der Waals surface area (Å²) < 4.78 is 5.56. The van der Waals surface area contributed by atoms with E-state index in [2.05, 4.69) is 18.3 Å². The highest BCUT2D eigenvalue weighted by Crippen LogP contribution is 2.13. The average Bonchev–Trinajstić information content (AvgIpc) is 2.43. The molecule has 0 aliphatic heterocycles. The Bertz CT molecular complexity index is 357. The van der Waals surface area contributed by atoms with E-state index in [9.17, 15) is 5.11 Å². The lowest BCUT2D eigenvalue weighted by molar-refractivity contribution is 0.103. The summed E-state index contributed by atoms with van der Waals surface area (Å²) in [7, 11) is 0. The molecule has 0 bridgehead atoms. The van der Waals surface area contributed by atoms with Crippen LogP contribution < -0.4 is 10.1 Å². The molecule has 108 valence electrons. The Labute approximate surface area is 115 Å². The molecule has 3 N–H and O–H groups in total. The molecule has 4 nitrogen and oxygen atoms in total. The molecular weight excluding hydrogens is 242 g/mol. The molecule has 0 fully saturated rings. The first-order chi connectivity index (χ1) is 9.15. The number of hydrogen-bond donors (Lipinski definition) is 3. The molecule has 2 atom stereocenters. The maximum absolute atomic E-state index is 9.80. The third-order valence-corrected chi connectivity index (χ3v) is 3.01. The Kier molecular flexibility index (Phi) is 7.48. The summed E-state index contributed by atoms with van der Waals surface area (Å²) >= 11 is 0. The van der Waals surface area contributed by atoms with Crippen LogP contribution in [-0.4, -0.2) is 42.1 Å². The first kappa shape index (κ1) is 16.0. The summed E-state index contributed by atoms with van der Waals surface area (Å²) in [6, 6.07) is 8.11. The van der Waals surface area contributed by atoms with Crippen LogP contribution in [0.5, 0.6) is 5.75 Å². The van der Waals surface area contributed by atoms with E-state index in [4.69, 9.17) is 9.84 Å². The molecule has 1 aromatic carbocycles. The number of ether oxygens (including phenoxy) is 1. The van der Waals surface area contributed by atoms with Gasteiger partial charge >= 0.3 is 0 Å². The fourth-order valence-corrected chi connectivity index (χ4v) is 1.74. The molecule has 1 rings (SSSR count). The molecule has 0 aromatic heterocycles. The number of aliphatic hydroxyl groups excluding tert-OH is 2. The van der Waals surface area contributed by atoms with Crippen molar-refractivity contribution in [1.82, 2.24) is 5.32 Å². The molecule has 2 unspecified atom stereocenters. The van der Waals surface area contributed by atoms with Gasteiger partial charge in [0, 0.05) is 19.2 Å². The van der Waals surface area contributed by atoms with E-state index in [1.807, 2.05) is 25.1 Å². The van der Waals surface area contributed by atoms with Gasteiger partial charge in [0.05, 0.1) is 0 Å². The second kappa shape index (κ2) is 8.91. The SMILES string of the molecule is CCc1cccc(OCC(O)CNC(C)CCO)c1. The van der Waals surface area contributed by atoms with Crippen molar-refractivity contribution in [3.63, 3.8) is 0 Å². The topological polar surface area (TPSA) is 61.7 Å². The first-order valence-corrected chi connectivity index (χ1v) is 6.89. The molecule has 0 aliphatic carbocycles. The molecule has 0 saturated carbocycles. The number of rotatable bonds is 9. The van der Waals surface area contributed by atoms with Crippen molar-refractivity contribution in [2.75, 3.05) is 19.8 Å². The van der Waals surface area contributed by atoms with Gasteiger partial charge in [-0.1, -0.05) is 19.1 Å². The maximum Gasteiger partial charge on any atom is 0.119 e. The third-order valence-electron chi connectivity index (χ3n) is 3.01. The van der Waals surface area contributed by atoms with Crippen molar-refractivity contribution in [3.05, 3.63) is 29.8 Å². The molecule has 1 aromatic rings. The monoisotopic (exact) mass is 267 g/mol. The van der Waals surface area contributed by atoms with E-state index in [0.717, 1.165) is 12.2 Å². The summed E-state index contributed by atoms with van der Waals surface area (Å²) in [6.45, 7) is 4.97. The zero-order chi connectivity index (χ0) is 14.1. The van der Waals surface area contributed by atoms with E-state index in [0.29, 0.717) is 13.0 Å². The van der Waals surface area contributed by atoms with Crippen LogP contribution in [0.25, 0.3) is 0 Å². The average molecular weight is 267 g/mol. The summed E-state index contributed by atoms with van der Waals surface area (Å²) in [4.78, 5) is 0. The first-order valence-electron chi connectivity index (χ1n) is 6.89. The molecule has 19 heavy (non-hydrogen) atoms. The predicted octanol–water partition coefficient (Wildman–Crippen LogP) is 1.35. The number of hydrogen-bond acceptors (Lipinski definition) is 4. The van der Waals surface area contributed by atoms with E-state index in [1.54, 1.807) is 0 Å². The lowest BCUT2D eigenvalue weighted by Crippen LogP contribution is -2.37. The Balaban J connectivity index is 2.27. The molecule has 4 heteroatoms. The molecule has 0 heterocycles. The summed E-state index contributed by atoms with van der Waals surface area (Å²) in [6.07, 6.45) is 1.11. The van der Waals surface area contributed by atoms with Crippen LogP contribution in [0.4, 0.5) is 0 Å². The number of aryl methyl sites for hydroxylation is 1. The molecule has 0 aliphatic rings. The Hall–Kier alpha value is -1.10. The van der Waals surface area contributed by atoms with E-state index in [1.165, 1.54) is 5.56 Å². The van der Waals surface area contributed by atoms with Gasteiger partial charge in [0.1, 0.15) is 18.5 Å². The van der Waals surface area contributed by atoms with Gasteiger partial charge in [0.25, 0.3) is 0 Å². The normalized spacial score (nSPS) is 14.1. The minimum absolute atomic E-state index is 0.157. The molecule has 0 spiro atoms. The second-order valence-electron chi connectivity index (χ2n) is 4.79. The zero-order valence-electron chi connectivity index (χ0n) is 11.8. The molecule has 0 amide bonds. The highest BCUT2D eigenvalue weighted by atomic mass is 16.5. The van der Waals surface area contributed by atoms with Crippen molar-refractivity contribution < 1.29 is 14.9 Å². The van der Waals surface area contributed by atoms with Gasteiger partial charge in [-0.15, -0.1) is 0 Å². The minimum atomic E-state index is -0.550. The van der Waals surface area contributed by atoms with Crippen LogP contribution in [0.1, 0.15) is 25.8 Å². The zero-order valence-corrected chi connectivity index (χ0v) is 11.8. The van der Waals surface area contributed by atoms with Crippen LogP contribution in [0.3, 0.4) is 0 Å². The van der Waals surface area contributed by atoms with Crippen LogP contribution in [0.2, 0.25) is 0 Å². The van der Waals surface area contributed by atoms with Gasteiger partial charge in [0.2, 0.25) is 0 Å². The van der Waals surface area contributed by atoms with Gasteiger partial charge in [-0.2, -0.15) is 0 Å². The molecule has 0 saturated heterocycles. The Morgan fingerprint density at radius 1 is 1.37 bits per heavy atom. The second-order valence-corrected chi connectivity index (χ2v) is 4.79. The lowest BCUT2D eigenvalue weighted by Gasteiger charge is -2.17. The number of aliphatic hydroxyl groups is 2. The summed E-state index contributed by atoms with van der Waals surface area (Å²) in [5.74, 6) is 0.793. The van der Waals surface area contributed by atoms with E-state index in [-0.39, 0.29) is 19.3 Å². The molecule has 0 radical (unpaired) electrons.